The zero-order valence-corrected chi connectivity index (χ0v) is 12.2. The molecule has 0 bridgehead atoms. The van der Waals surface area contributed by atoms with Gasteiger partial charge in [0, 0.05) is 17.1 Å². The zero-order chi connectivity index (χ0) is 15.9. The summed E-state index contributed by atoms with van der Waals surface area (Å²) in [7, 11) is 0. The van der Waals surface area contributed by atoms with E-state index in [9.17, 15) is 13.2 Å². The smallest absolute Gasteiger partial charge is 0.236 e. The molecule has 0 unspecified atom stereocenters. The summed E-state index contributed by atoms with van der Waals surface area (Å²) in [6.45, 7) is 1.90. The molecule has 0 amide bonds. The molecule has 2 aromatic carbocycles. The quantitative estimate of drug-likeness (QED) is 0.609. The van der Waals surface area contributed by atoms with Gasteiger partial charge in [-0.25, -0.2) is 9.97 Å². The van der Waals surface area contributed by atoms with Gasteiger partial charge in [-0.1, -0.05) is 23.7 Å². The summed E-state index contributed by atoms with van der Waals surface area (Å²) in [6, 6.07) is 8.76. The van der Waals surface area contributed by atoms with Crippen LogP contribution in [0, 0.1) is 6.92 Å². The second kappa shape index (κ2) is 5.25. The number of fused-ring (bicyclic) bond motifs is 1. The van der Waals surface area contributed by atoms with Crippen molar-refractivity contribution < 1.29 is 13.2 Å². The first-order valence-corrected chi connectivity index (χ1v) is 6.83. The molecule has 1 aromatic heterocycles. The van der Waals surface area contributed by atoms with Crippen LogP contribution >= 0.6 is 11.6 Å². The van der Waals surface area contributed by atoms with Crippen molar-refractivity contribution in [1.82, 2.24) is 9.97 Å². The number of hydrogen-bond acceptors (Lipinski definition) is 2. The van der Waals surface area contributed by atoms with E-state index in [4.69, 9.17) is 11.6 Å². The lowest BCUT2D eigenvalue weighted by Gasteiger charge is -2.09. The van der Waals surface area contributed by atoms with Gasteiger partial charge in [-0.3, -0.25) is 0 Å². The fourth-order valence-corrected chi connectivity index (χ4v) is 2.45. The molecule has 3 aromatic rings. The van der Waals surface area contributed by atoms with E-state index in [2.05, 4.69) is 9.97 Å². The Bertz CT molecular complexity index is 860. The van der Waals surface area contributed by atoms with E-state index < -0.39 is 11.7 Å². The maximum Gasteiger partial charge on any atom is 0.416 e. The minimum Gasteiger partial charge on any atom is -0.236 e. The van der Waals surface area contributed by atoms with Gasteiger partial charge >= 0.3 is 6.18 Å². The van der Waals surface area contributed by atoms with Crippen LogP contribution in [-0.4, -0.2) is 9.97 Å². The van der Waals surface area contributed by atoms with E-state index in [0.717, 1.165) is 17.7 Å². The molecule has 0 saturated heterocycles. The average Bonchev–Trinajstić information content (AvgIpc) is 2.45. The predicted molar refractivity (Wildman–Crippen MR) is 79.7 cm³/mol. The number of alkyl halides is 3. The predicted octanol–water partition coefficient (Wildman–Crippen LogP) is 5.28. The highest BCUT2D eigenvalue weighted by molar-refractivity contribution is 6.33. The number of halogens is 4. The van der Waals surface area contributed by atoms with E-state index >= 15 is 0 Å². The fraction of sp³-hybridized carbons (Fsp3) is 0.125. The molecule has 6 heteroatoms. The maximum absolute atomic E-state index is 12.8. The van der Waals surface area contributed by atoms with Gasteiger partial charge in [0.05, 0.1) is 16.1 Å². The molecule has 112 valence electrons. The highest BCUT2D eigenvalue weighted by Gasteiger charge is 2.30. The number of aromatic nitrogens is 2. The van der Waals surface area contributed by atoms with E-state index in [0.29, 0.717) is 21.8 Å². The third-order valence-corrected chi connectivity index (χ3v) is 3.59. The van der Waals surface area contributed by atoms with Crippen molar-refractivity contribution in [3.05, 3.63) is 58.7 Å². The molecular formula is C16H10ClF3N2. The van der Waals surface area contributed by atoms with Crippen molar-refractivity contribution in [3.63, 3.8) is 0 Å². The fourth-order valence-electron chi connectivity index (χ4n) is 2.13. The van der Waals surface area contributed by atoms with Crippen molar-refractivity contribution in [2.24, 2.45) is 0 Å². The molecule has 0 fully saturated rings. The molecule has 0 N–H and O–H groups in total. The summed E-state index contributed by atoms with van der Waals surface area (Å²) in [5.41, 5.74) is 1.07. The van der Waals surface area contributed by atoms with Crippen molar-refractivity contribution in [2.45, 2.75) is 13.1 Å². The zero-order valence-electron chi connectivity index (χ0n) is 11.4. The highest BCUT2D eigenvalue weighted by atomic mass is 35.5. The summed E-state index contributed by atoms with van der Waals surface area (Å²) < 4.78 is 38.3. The van der Waals surface area contributed by atoms with Crippen LogP contribution < -0.4 is 0 Å². The number of benzene rings is 2. The van der Waals surface area contributed by atoms with Crippen LogP contribution in [-0.2, 0) is 6.18 Å². The highest BCUT2D eigenvalue weighted by Crippen LogP contribution is 2.32. The second-order valence-corrected chi connectivity index (χ2v) is 5.36. The van der Waals surface area contributed by atoms with Gasteiger partial charge in [0.15, 0.2) is 5.82 Å². The van der Waals surface area contributed by atoms with Gasteiger partial charge in [-0.05, 0) is 36.8 Å². The Morgan fingerprint density at radius 1 is 1.05 bits per heavy atom. The Balaban J connectivity index is 2.16. The molecule has 0 aliphatic rings. The molecule has 0 atom stereocenters. The topological polar surface area (TPSA) is 25.8 Å². The van der Waals surface area contributed by atoms with Crippen molar-refractivity contribution in [2.75, 3.05) is 0 Å². The number of rotatable bonds is 1. The minimum absolute atomic E-state index is 0.233. The molecule has 0 aliphatic carbocycles. The Hall–Kier alpha value is -2.14. The minimum atomic E-state index is -4.40. The lowest BCUT2D eigenvalue weighted by Crippen LogP contribution is -2.04. The van der Waals surface area contributed by atoms with Crippen LogP contribution in [0.2, 0.25) is 5.02 Å². The standard InChI is InChI=1S/C16H10ClF3N2/c1-9-2-5-12(13(17)6-9)15-21-8-10-3-4-11(16(18,19)20)7-14(10)22-15/h2-8H,1H3. The van der Waals surface area contributed by atoms with Crippen LogP contribution in [0.5, 0.6) is 0 Å². The summed E-state index contributed by atoms with van der Waals surface area (Å²) in [4.78, 5) is 8.40. The second-order valence-electron chi connectivity index (χ2n) is 4.95. The summed E-state index contributed by atoms with van der Waals surface area (Å²) in [5, 5.41) is 1.01. The number of hydrogen-bond donors (Lipinski definition) is 0. The van der Waals surface area contributed by atoms with Crippen LogP contribution in [0.3, 0.4) is 0 Å². The van der Waals surface area contributed by atoms with Gasteiger partial charge in [0.1, 0.15) is 0 Å². The number of aryl methyl sites for hydroxylation is 1. The van der Waals surface area contributed by atoms with Crippen LogP contribution in [0.25, 0.3) is 22.3 Å². The Labute approximate surface area is 129 Å². The van der Waals surface area contributed by atoms with E-state index in [1.165, 1.54) is 12.3 Å². The molecular weight excluding hydrogens is 313 g/mol. The summed E-state index contributed by atoms with van der Waals surface area (Å²) in [6.07, 6.45) is -2.91. The molecule has 0 aliphatic heterocycles. The normalized spacial score (nSPS) is 11.9. The Morgan fingerprint density at radius 2 is 1.82 bits per heavy atom. The lowest BCUT2D eigenvalue weighted by molar-refractivity contribution is -0.137. The third-order valence-electron chi connectivity index (χ3n) is 3.28. The SMILES string of the molecule is Cc1ccc(-c2ncc3ccc(C(F)(F)F)cc3n2)c(Cl)c1. The third kappa shape index (κ3) is 2.76. The Morgan fingerprint density at radius 3 is 2.50 bits per heavy atom. The van der Waals surface area contributed by atoms with E-state index in [1.807, 2.05) is 13.0 Å². The molecule has 0 spiro atoms. The van der Waals surface area contributed by atoms with Crippen LogP contribution in [0.15, 0.2) is 42.6 Å². The summed E-state index contributed by atoms with van der Waals surface area (Å²) >= 11 is 6.16. The van der Waals surface area contributed by atoms with Crippen molar-refractivity contribution >= 4 is 22.5 Å². The molecule has 0 radical (unpaired) electrons. The van der Waals surface area contributed by atoms with Crippen molar-refractivity contribution in [1.29, 1.82) is 0 Å². The van der Waals surface area contributed by atoms with Gasteiger partial charge < -0.3 is 0 Å². The average molecular weight is 323 g/mol. The first-order chi connectivity index (χ1) is 10.3. The Kier molecular flexibility index (Phi) is 3.53. The lowest BCUT2D eigenvalue weighted by atomic mass is 10.1. The van der Waals surface area contributed by atoms with Crippen molar-refractivity contribution in [3.8, 4) is 11.4 Å². The van der Waals surface area contributed by atoms with Crippen LogP contribution in [0.4, 0.5) is 13.2 Å². The first kappa shape index (κ1) is 14.8. The molecule has 3 rings (SSSR count). The molecule has 22 heavy (non-hydrogen) atoms. The largest absolute Gasteiger partial charge is 0.416 e. The van der Waals surface area contributed by atoms with E-state index in [-0.39, 0.29) is 5.52 Å². The monoisotopic (exact) mass is 322 g/mol. The van der Waals surface area contributed by atoms with Gasteiger partial charge in [0.25, 0.3) is 0 Å². The van der Waals surface area contributed by atoms with Gasteiger partial charge in [0.2, 0.25) is 0 Å². The molecule has 1 heterocycles. The van der Waals surface area contributed by atoms with E-state index in [1.54, 1.807) is 12.1 Å². The van der Waals surface area contributed by atoms with Crippen LogP contribution in [0.1, 0.15) is 11.1 Å². The van der Waals surface area contributed by atoms with Gasteiger partial charge in [-0.15, -0.1) is 0 Å². The van der Waals surface area contributed by atoms with Gasteiger partial charge in [-0.2, -0.15) is 13.2 Å². The maximum atomic E-state index is 12.8. The summed E-state index contributed by atoms with van der Waals surface area (Å²) in [5.74, 6) is 0.303. The molecule has 2 nitrogen and oxygen atoms in total. The molecule has 0 saturated carbocycles. The number of nitrogens with zero attached hydrogens (tertiary/aromatic N) is 2. The first-order valence-electron chi connectivity index (χ1n) is 6.45.